The van der Waals surface area contributed by atoms with E-state index in [0.717, 1.165) is 27.7 Å². The molecule has 1 aliphatic rings. The number of nitrogens with zero attached hydrogens (tertiary/aromatic N) is 1. The summed E-state index contributed by atoms with van der Waals surface area (Å²) >= 11 is 1.60. The molecule has 2 aromatic carbocycles. The number of hydrazone groups is 1. The second-order valence-electron chi connectivity index (χ2n) is 8.85. The maximum Gasteiger partial charge on any atom is 0.258 e. The van der Waals surface area contributed by atoms with Crippen molar-refractivity contribution < 1.29 is 13.6 Å². The van der Waals surface area contributed by atoms with Gasteiger partial charge < -0.3 is 9.16 Å². The Morgan fingerprint density at radius 3 is 2.13 bits per heavy atom. The van der Waals surface area contributed by atoms with Gasteiger partial charge >= 0.3 is 0 Å². The number of benzene rings is 2. The maximum absolute atomic E-state index is 13.3. The molecule has 1 N–H and O–H groups in total. The molecule has 7 heteroatoms. The quantitative estimate of drug-likeness (QED) is 0.427. The molecule has 0 spiro atoms. The third kappa shape index (κ3) is 4.62. The molecule has 1 atom stereocenters. The van der Waals surface area contributed by atoms with Crippen LogP contribution >= 0.6 is 11.8 Å². The lowest BCUT2D eigenvalue weighted by Gasteiger charge is -2.43. The molecule has 1 heterocycles. The van der Waals surface area contributed by atoms with Crippen molar-refractivity contribution in [2.75, 3.05) is 7.11 Å². The standard InChI is InChI=1S/C24H33FN2O2SSi/c1-15(2)31(16(3)4,17(5)6)29-22-20(9-8-10-21(22)28-7)24-27-26-23(30-24)18-11-13-19(25)14-12-18/h8-17,24,27H,1-7H3. The van der Waals surface area contributed by atoms with Gasteiger partial charge in [0.1, 0.15) is 16.2 Å². The van der Waals surface area contributed by atoms with E-state index < -0.39 is 8.32 Å². The van der Waals surface area contributed by atoms with Crippen molar-refractivity contribution in [3.05, 3.63) is 59.4 Å². The van der Waals surface area contributed by atoms with Crippen molar-refractivity contribution in [3.8, 4) is 11.5 Å². The van der Waals surface area contributed by atoms with Crippen molar-refractivity contribution in [2.24, 2.45) is 5.10 Å². The highest BCUT2D eigenvalue weighted by Crippen LogP contribution is 2.48. The molecule has 2 aromatic rings. The Kier molecular flexibility index (Phi) is 7.37. The van der Waals surface area contributed by atoms with Crippen molar-refractivity contribution in [1.82, 2.24) is 5.43 Å². The molecule has 0 saturated carbocycles. The monoisotopic (exact) mass is 460 g/mol. The summed E-state index contributed by atoms with van der Waals surface area (Å²) in [5.74, 6) is 1.31. The molecule has 0 saturated heterocycles. The number of halogens is 1. The maximum atomic E-state index is 13.3. The number of thioether (sulfide) groups is 1. The van der Waals surface area contributed by atoms with Gasteiger partial charge in [0.15, 0.2) is 11.5 Å². The summed E-state index contributed by atoms with van der Waals surface area (Å²) in [4.78, 5) is 0. The van der Waals surface area contributed by atoms with Gasteiger partial charge in [0.05, 0.1) is 7.11 Å². The lowest BCUT2D eigenvalue weighted by molar-refractivity contribution is 0.380. The van der Waals surface area contributed by atoms with Crippen LogP contribution in [0.25, 0.3) is 0 Å². The van der Waals surface area contributed by atoms with Crippen LogP contribution in [0.15, 0.2) is 47.6 Å². The largest absolute Gasteiger partial charge is 0.540 e. The first-order chi connectivity index (χ1) is 14.7. The van der Waals surface area contributed by atoms with E-state index in [1.54, 1.807) is 31.0 Å². The third-order valence-corrected chi connectivity index (χ3v) is 13.2. The minimum Gasteiger partial charge on any atom is -0.540 e. The summed E-state index contributed by atoms with van der Waals surface area (Å²) in [6, 6.07) is 12.4. The number of ether oxygens (including phenoxy) is 1. The lowest BCUT2D eigenvalue weighted by atomic mass is 10.2. The smallest absolute Gasteiger partial charge is 0.258 e. The number of rotatable bonds is 8. The van der Waals surface area contributed by atoms with E-state index in [9.17, 15) is 4.39 Å². The number of nitrogens with one attached hydrogen (secondary N) is 1. The summed E-state index contributed by atoms with van der Waals surface area (Å²) < 4.78 is 26.1. The molecular weight excluding hydrogens is 427 g/mol. The van der Waals surface area contributed by atoms with E-state index in [0.29, 0.717) is 16.6 Å². The van der Waals surface area contributed by atoms with E-state index in [1.807, 2.05) is 12.1 Å². The predicted molar refractivity (Wildman–Crippen MR) is 131 cm³/mol. The summed E-state index contributed by atoms with van der Waals surface area (Å²) in [7, 11) is -0.496. The van der Waals surface area contributed by atoms with Gasteiger partial charge in [0, 0.05) is 11.1 Å². The van der Waals surface area contributed by atoms with Gasteiger partial charge in [0.25, 0.3) is 8.32 Å². The van der Waals surface area contributed by atoms with Crippen LogP contribution < -0.4 is 14.6 Å². The van der Waals surface area contributed by atoms with Crippen LogP contribution in [0.3, 0.4) is 0 Å². The molecular formula is C24H33FN2O2SSi. The number of methoxy groups -OCH3 is 1. The first kappa shape index (κ1) is 23.7. The summed E-state index contributed by atoms with van der Waals surface area (Å²) in [5, 5.41) is 5.24. The van der Waals surface area contributed by atoms with Gasteiger partial charge in [-0.1, -0.05) is 65.4 Å². The highest BCUT2D eigenvalue weighted by atomic mass is 32.2. The molecule has 1 unspecified atom stereocenters. The van der Waals surface area contributed by atoms with Crippen molar-refractivity contribution in [2.45, 2.75) is 63.5 Å². The molecule has 1 aliphatic heterocycles. The van der Waals surface area contributed by atoms with Crippen LogP contribution in [-0.2, 0) is 0 Å². The molecule has 0 amide bonds. The molecule has 0 bridgehead atoms. The second-order valence-corrected chi connectivity index (χ2v) is 15.3. The lowest BCUT2D eigenvalue weighted by Crippen LogP contribution is -2.51. The van der Waals surface area contributed by atoms with Gasteiger partial charge in [-0.05, 0) is 47.0 Å². The van der Waals surface area contributed by atoms with E-state index in [4.69, 9.17) is 9.16 Å². The molecule has 0 radical (unpaired) electrons. The Balaban J connectivity index is 1.97. The average molecular weight is 461 g/mol. The Bertz CT molecular complexity index is 910. The van der Waals surface area contributed by atoms with Crippen molar-refractivity contribution >= 4 is 25.1 Å². The number of para-hydroxylation sites is 1. The Labute approximate surface area is 190 Å². The van der Waals surface area contributed by atoms with E-state index >= 15 is 0 Å². The van der Waals surface area contributed by atoms with Crippen LogP contribution in [0.5, 0.6) is 11.5 Å². The van der Waals surface area contributed by atoms with Crippen LogP contribution in [0.4, 0.5) is 4.39 Å². The fourth-order valence-corrected chi connectivity index (χ4v) is 11.0. The molecule has 0 fully saturated rings. The highest BCUT2D eigenvalue weighted by Gasteiger charge is 2.48. The van der Waals surface area contributed by atoms with Crippen LogP contribution in [0, 0.1) is 5.82 Å². The summed E-state index contributed by atoms with van der Waals surface area (Å²) in [6.45, 7) is 13.7. The zero-order valence-corrected chi connectivity index (χ0v) is 21.2. The predicted octanol–water partition coefficient (Wildman–Crippen LogP) is 7.09. The first-order valence-corrected chi connectivity index (χ1v) is 13.8. The Hall–Kier alpha value is -1.99. The Morgan fingerprint density at radius 2 is 1.58 bits per heavy atom. The van der Waals surface area contributed by atoms with E-state index in [1.165, 1.54) is 12.1 Å². The van der Waals surface area contributed by atoms with E-state index in [2.05, 4.69) is 58.1 Å². The molecule has 0 aliphatic carbocycles. The van der Waals surface area contributed by atoms with Crippen LogP contribution in [0.1, 0.15) is 58.0 Å². The SMILES string of the molecule is COc1cccc(C2NN=C(c3ccc(F)cc3)S2)c1O[Si](C(C)C)(C(C)C)C(C)C. The normalized spacial score (nSPS) is 16.6. The minimum atomic E-state index is -2.18. The molecule has 31 heavy (non-hydrogen) atoms. The minimum absolute atomic E-state index is 0.108. The van der Waals surface area contributed by atoms with Gasteiger partial charge in [-0.15, -0.1) is 0 Å². The molecule has 4 nitrogen and oxygen atoms in total. The van der Waals surface area contributed by atoms with Crippen molar-refractivity contribution in [1.29, 1.82) is 0 Å². The zero-order chi connectivity index (χ0) is 22.8. The zero-order valence-electron chi connectivity index (χ0n) is 19.4. The van der Waals surface area contributed by atoms with Gasteiger partial charge in [0.2, 0.25) is 0 Å². The third-order valence-electron chi connectivity index (χ3n) is 6.10. The summed E-state index contributed by atoms with van der Waals surface area (Å²) in [6.07, 6.45) is 0. The molecule has 3 rings (SSSR count). The number of hydrogen-bond acceptors (Lipinski definition) is 5. The molecule has 168 valence electrons. The Morgan fingerprint density at radius 1 is 0.968 bits per heavy atom. The summed E-state index contributed by atoms with van der Waals surface area (Å²) in [5.41, 5.74) is 6.48. The van der Waals surface area contributed by atoms with Gasteiger partial charge in [-0.2, -0.15) is 5.10 Å². The van der Waals surface area contributed by atoms with Crippen molar-refractivity contribution in [3.63, 3.8) is 0 Å². The number of hydrogen-bond donors (Lipinski definition) is 1. The van der Waals surface area contributed by atoms with Gasteiger partial charge in [-0.25, -0.2) is 4.39 Å². The van der Waals surface area contributed by atoms with Gasteiger partial charge in [-0.3, -0.25) is 5.43 Å². The first-order valence-electron chi connectivity index (χ1n) is 10.8. The average Bonchev–Trinajstić information content (AvgIpc) is 3.21. The topological polar surface area (TPSA) is 42.8 Å². The molecule has 0 aromatic heterocycles. The fraction of sp³-hybridized carbons (Fsp3) is 0.458. The second kappa shape index (κ2) is 9.65. The van der Waals surface area contributed by atoms with Crippen LogP contribution in [-0.4, -0.2) is 20.5 Å². The van der Waals surface area contributed by atoms with E-state index in [-0.39, 0.29) is 11.2 Å². The highest BCUT2D eigenvalue weighted by molar-refractivity contribution is 8.14. The van der Waals surface area contributed by atoms with Crippen LogP contribution in [0.2, 0.25) is 16.6 Å². The fourth-order valence-electron chi connectivity index (χ4n) is 4.68.